The molecule has 0 aromatic heterocycles. The summed E-state index contributed by atoms with van der Waals surface area (Å²) < 4.78 is 28.3. The summed E-state index contributed by atoms with van der Waals surface area (Å²) in [7, 11) is 0. The van der Waals surface area contributed by atoms with Crippen molar-refractivity contribution in [2.24, 2.45) is 5.84 Å². The molecule has 0 fully saturated rings. The smallest absolute Gasteiger partial charge is 0.132 e. The van der Waals surface area contributed by atoms with Gasteiger partial charge in [0, 0.05) is 10.0 Å². The lowest BCUT2D eigenvalue weighted by atomic mass is 9.98. The van der Waals surface area contributed by atoms with Crippen molar-refractivity contribution < 1.29 is 8.78 Å². The van der Waals surface area contributed by atoms with Crippen LogP contribution in [0, 0.1) is 11.6 Å². The topological polar surface area (TPSA) is 38.0 Å². The van der Waals surface area contributed by atoms with E-state index in [-0.39, 0.29) is 15.6 Å². The van der Waals surface area contributed by atoms with Crippen LogP contribution in [0.2, 0.25) is 10.0 Å². The van der Waals surface area contributed by atoms with Crippen LogP contribution in [-0.2, 0) is 0 Å². The number of hydrogen-bond acceptors (Lipinski definition) is 2. The van der Waals surface area contributed by atoms with Crippen LogP contribution in [0.4, 0.5) is 8.78 Å². The van der Waals surface area contributed by atoms with Gasteiger partial charge in [-0.1, -0.05) is 51.3 Å². The second-order valence-electron chi connectivity index (χ2n) is 4.03. The Bertz CT molecular complexity index is 629. The summed E-state index contributed by atoms with van der Waals surface area (Å²) in [6.07, 6.45) is 0. The molecule has 0 amide bonds. The maximum absolute atomic E-state index is 14.0. The van der Waals surface area contributed by atoms with Crippen LogP contribution in [0.1, 0.15) is 17.2 Å². The van der Waals surface area contributed by atoms with Gasteiger partial charge in [0.2, 0.25) is 0 Å². The van der Waals surface area contributed by atoms with Gasteiger partial charge in [-0.15, -0.1) is 0 Å². The molecule has 1 atom stereocenters. The lowest BCUT2D eigenvalue weighted by Crippen LogP contribution is -2.30. The lowest BCUT2D eigenvalue weighted by Gasteiger charge is -2.20. The van der Waals surface area contributed by atoms with E-state index in [0.29, 0.717) is 10.0 Å². The maximum Gasteiger partial charge on any atom is 0.132 e. The Hall–Kier alpha value is -0.720. The van der Waals surface area contributed by atoms with E-state index in [2.05, 4.69) is 21.4 Å². The average molecular weight is 382 g/mol. The molecule has 7 heteroatoms. The zero-order valence-electron chi connectivity index (χ0n) is 9.93. The summed E-state index contributed by atoms with van der Waals surface area (Å²) in [5, 5.41) is 0.473. The molecule has 3 N–H and O–H groups in total. The monoisotopic (exact) mass is 380 g/mol. The summed E-state index contributed by atoms with van der Waals surface area (Å²) in [5.74, 6) is 3.95. The predicted octanol–water partition coefficient (Wildman–Crippen LogP) is 4.59. The second kappa shape index (κ2) is 6.37. The Labute approximate surface area is 133 Å². The first-order valence-corrected chi connectivity index (χ1v) is 7.05. The van der Waals surface area contributed by atoms with Crippen molar-refractivity contribution in [3.63, 3.8) is 0 Å². The van der Waals surface area contributed by atoms with Crippen molar-refractivity contribution in [1.29, 1.82) is 0 Å². The molecule has 2 rings (SSSR count). The van der Waals surface area contributed by atoms with Gasteiger partial charge in [-0.3, -0.25) is 5.84 Å². The summed E-state index contributed by atoms with van der Waals surface area (Å²) in [4.78, 5) is 0. The van der Waals surface area contributed by atoms with Crippen LogP contribution in [-0.4, -0.2) is 0 Å². The predicted molar refractivity (Wildman–Crippen MR) is 79.7 cm³/mol. The van der Waals surface area contributed by atoms with Gasteiger partial charge in [0.25, 0.3) is 0 Å². The minimum atomic E-state index is -0.950. The minimum Gasteiger partial charge on any atom is -0.271 e. The Balaban J connectivity index is 2.62. The highest BCUT2D eigenvalue weighted by atomic mass is 79.9. The summed E-state index contributed by atoms with van der Waals surface area (Å²) in [6, 6.07) is 6.16. The highest BCUT2D eigenvalue weighted by Crippen LogP contribution is 2.35. The quantitative estimate of drug-likeness (QED) is 0.602. The molecule has 0 bridgehead atoms. The number of rotatable bonds is 3. The van der Waals surface area contributed by atoms with Crippen LogP contribution in [0.3, 0.4) is 0 Å². The first-order chi connectivity index (χ1) is 9.45. The van der Waals surface area contributed by atoms with E-state index in [1.807, 2.05) is 0 Å². The third-order valence-corrected chi connectivity index (χ3v) is 4.08. The number of hydrogen-bond donors (Lipinski definition) is 2. The molecule has 0 heterocycles. The number of hydrazine groups is 1. The fraction of sp³-hybridized carbons (Fsp3) is 0.0769. The molecule has 0 aliphatic carbocycles. The Morgan fingerprint density at radius 1 is 1.15 bits per heavy atom. The molecule has 0 spiro atoms. The van der Waals surface area contributed by atoms with Crippen molar-refractivity contribution in [2.75, 3.05) is 0 Å². The molecule has 0 aliphatic rings. The van der Waals surface area contributed by atoms with Crippen LogP contribution in [0.5, 0.6) is 0 Å². The molecule has 106 valence electrons. The third kappa shape index (κ3) is 2.97. The Morgan fingerprint density at radius 2 is 1.75 bits per heavy atom. The zero-order valence-corrected chi connectivity index (χ0v) is 13.0. The van der Waals surface area contributed by atoms with E-state index in [9.17, 15) is 8.78 Å². The molecule has 0 saturated heterocycles. The van der Waals surface area contributed by atoms with E-state index < -0.39 is 17.7 Å². The first kappa shape index (κ1) is 15.7. The van der Waals surface area contributed by atoms with Crippen LogP contribution in [0.25, 0.3) is 0 Å². The van der Waals surface area contributed by atoms with Crippen LogP contribution in [0.15, 0.2) is 34.8 Å². The second-order valence-corrected chi connectivity index (χ2v) is 5.73. The van der Waals surface area contributed by atoms with Crippen molar-refractivity contribution in [3.8, 4) is 0 Å². The standard InChI is InChI=1S/C13H9BrCl2F2N2/c14-6-4-9(17)11(10(18)5-6)13(20-19)7-2-1-3-8(15)12(7)16/h1-5,13,20H,19H2. The number of nitrogens with one attached hydrogen (secondary N) is 1. The largest absolute Gasteiger partial charge is 0.271 e. The Morgan fingerprint density at radius 3 is 2.30 bits per heavy atom. The SMILES string of the molecule is NNC(c1cccc(Cl)c1Cl)c1c(F)cc(Br)cc1F. The molecule has 2 aromatic carbocycles. The molecule has 20 heavy (non-hydrogen) atoms. The molecule has 0 radical (unpaired) electrons. The molecule has 2 nitrogen and oxygen atoms in total. The van der Waals surface area contributed by atoms with Gasteiger partial charge in [0.1, 0.15) is 11.6 Å². The van der Waals surface area contributed by atoms with Crippen molar-refractivity contribution in [2.45, 2.75) is 6.04 Å². The van der Waals surface area contributed by atoms with Crippen LogP contribution >= 0.6 is 39.1 Å². The van der Waals surface area contributed by atoms with E-state index in [0.717, 1.165) is 12.1 Å². The van der Waals surface area contributed by atoms with Crippen molar-refractivity contribution in [3.05, 3.63) is 67.6 Å². The van der Waals surface area contributed by atoms with Gasteiger partial charge in [-0.05, 0) is 23.8 Å². The summed E-state index contributed by atoms with van der Waals surface area (Å²) >= 11 is 15.0. The lowest BCUT2D eigenvalue weighted by molar-refractivity contribution is 0.509. The van der Waals surface area contributed by atoms with Gasteiger partial charge in [-0.25, -0.2) is 14.2 Å². The minimum absolute atomic E-state index is 0.193. The van der Waals surface area contributed by atoms with Gasteiger partial charge < -0.3 is 0 Å². The van der Waals surface area contributed by atoms with E-state index >= 15 is 0 Å². The van der Waals surface area contributed by atoms with Crippen molar-refractivity contribution in [1.82, 2.24) is 5.43 Å². The molecular weight excluding hydrogens is 373 g/mol. The third-order valence-electron chi connectivity index (χ3n) is 2.79. The first-order valence-electron chi connectivity index (χ1n) is 5.50. The van der Waals surface area contributed by atoms with Crippen molar-refractivity contribution >= 4 is 39.1 Å². The summed E-state index contributed by atoms with van der Waals surface area (Å²) in [6.45, 7) is 0. The van der Waals surface area contributed by atoms with E-state index in [1.165, 1.54) is 0 Å². The van der Waals surface area contributed by atoms with E-state index in [4.69, 9.17) is 29.0 Å². The van der Waals surface area contributed by atoms with E-state index in [1.54, 1.807) is 18.2 Å². The normalized spacial score (nSPS) is 12.5. The summed E-state index contributed by atoms with van der Waals surface area (Å²) in [5.41, 5.74) is 2.53. The number of nitrogens with two attached hydrogens (primary N) is 1. The zero-order chi connectivity index (χ0) is 14.9. The maximum atomic E-state index is 14.0. The van der Waals surface area contributed by atoms with Crippen LogP contribution < -0.4 is 11.3 Å². The average Bonchev–Trinajstić information content (AvgIpc) is 2.37. The number of halogens is 5. The molecule has 2 aromatic rings. The highest BCUT2D eigenvalue weighted by Gasteiger charge is 2.24. The molecule has 1 unspecified atom stereocenters. The molecule has 0 saturated carbocycles. The molecular formula is C13H9BrCl2F2N2. The fourth-order valence-corrected chi connectivity index (χ4v) is 2.72. The molecule has 0 aliphatic heterocycles. The highest BCUT2D eigenvalue weighted by molar-refractivity contribution is 9.10. The van der Waals surface area contributed by atoms with Gasteiger partial charge in [-0.2, -0.15) is 0 Å². The van der Waals surface area contributed by atoms with Gasteiger partial charge in [0.05, 0.1) is 16.1 Å². The van der Waals surface area contributed by atoms with Gasteiger partial charge >= 0.3 is 0 Å². The van der Waals surface area contributed by atoms with Gasteiger partial charge in [0.15, 0.2) is 0 Å². The number of benzene rings is 2. The fourth-order valence-electron chi connectivity index (χ4n) is 1.90. The Kier molecular flexibility index (Phi) is 4.99.